The van der Waals surface area contributed by atoms with Crippen molar-refractivity contribution in [2.75, 3.05) is 7.05 Å². The van der Waals surface area contributed by atoms with Gasteiger partial charge in [-0.05, 0) is 44.9 Å². The number of hydrogen-bond donors (Lipinski definition) is 1. The van der Waals surface area contributed by atoms with Crippen molar-refractivity contribution in [2.45, 2.75) is 50.2 Å². The molecular weight excluding hydrogens is 274 g/mol. The third kappa shape index (κ3) is 2.67. The van der Waals surface area contributed by atoms with Crippen molar-refractivity contribution in [1.29, 1.82) is 0 Å². The molecule has 0 radical (unpaired) electrons. The Bertz CT molecular complexity index is 494. The molecule has 0 spiro atoms. The molecule has 2 atom stereocenters. The van der Waals surface area contributed by atoms with E-state index in [1.165, 1.54) is 19.3 Å². The molecular formula is C15H20ClN3O. The molecule has 2 aliphatic heterocycles. The van der Waals surface area contributed by atoms with E-state index in [0.717, 1.165) is 12.8 Å². The van der Waals surface area contributed by atoms with E-state index in [4.69, 9.17) is 11.6 Å². The number of pyridine rings is 1. The van der Waals surface area contributed by atoms with Crippen LogP contribution in [-0.2, 0) is 0 Å². The zero-order valence-electron chi connectivity index (χ0n) is 11.7. The Kier molecular flexibility index (Phi) is 3.94. The SMILES string of the molecule is CN1C2CCCC1CC(NC(=O)c1cccnc1Cl)C2. The van der Waals surface area contributed by atoms with Crippen molar-refractivity contribution < 1.29 is 4.79 Å². The fraction of sp³-hybridized carbons (Fsp3) is 0.600. The Morgan fingerprint density at radius 3 is 2.75 bits per heavy atom. The topological polar surface area (TPSA) is 45.2 Å². The molecule has 1 aromatic rings. The highest BCUT2D eigenvalue weighted by Gasteiger charge is 2.36. The second-order valence-electron chi connectivity index (χ2n) is 5.89. The Balaban J connectivity index is 1.67. The van der Waals surface area contributed by atoms with Gasteiger partial charge in [-0.2, -0.15) is 0 Å². The van der Waals surface area contributed by atoms with Crippen LogP contribution in [0.5, 0.6) is 0 Å². The maximum Gasteiger partial charge on any atom is 0.254 e. The van der Waals surface area contributed by atoms with Crippen LogP contribution in [0.2, 0.25) is 5.15 Å². The van der Waals surface area contributed by atoms with Crippen LogP contribution in [0.15, 0.2) is 18.3 Å². The molecule has 108 valence electrons. The van der Waals surface area contributed by atoms with Crippen LogP contribution in [0.1, 0.15) is 42.5 Å². The maximum atomic E-state index is 12.3. The van der Waals surface area contributed by atoms with E-state index >= 15 is 0 Å². The Hall–Kier alpha value is -1.13. The lowest BCUT2D eigenvalue weighted by Gasteiger charge is -2.47. The van der Waals surface area contributed by atoms with Crippen molar-refractivity contribution in [3.63, 3.8) is 0 Å². The number of carbonyl (C=O) groups excluding carboxylic acids is 1. The minimum Gasteiger partial charge on any atom is -0.349 e. The van der Waals surface area contributed by atoms with Gasteiger partial charge in [0.1, 0.15) is 5.15 Å². The number of carbonyl (C=O) groups is 1. The predicted octanol–water partition coefficient (Wildman–Crippen LogP) is 2.48. The van der Waals surface area contributed by atoms with Gasteiger partial charge in [-0.15, -0.1) is 0 Å². The van der Waals surface area contributed by atoms with Crippen LogP contribution >= 0.6 is 11.6 Å². The van der Waals surface area contributed by atoms with Crippen molar-refractivity contribution in [2.24, 2.45) is 0 Å². The third-order valence-electron chi connectivity index (χ3n) is 4.68. The Labute approximate surface area is 124 Å². The minimum absolute atomic E-state index is 0.101. The zero-order valence-corrected chi connectivity index (χ0v) is 12.4. The molecule has 2 unspecified atom stereocenters. The van der Waals surface area contributed by atoms with Gasteiger partial charge in [0.15, 0.2) is 0 Å². The van der Waals surface area contributed by atoms with Gasteiger partial charge in [-0.25, -0.2) is 4.98 Å². The summed E-state index contributed by atoms with van der Waals surface area (Å²) < 4.78 is 0. The second kappa shape index (κ2) is 5.70. The Morgan fingerprint density at radius 1 is 1.40 bits per heavy atom. The maximum absolute atomic E-state index is 12.3. The number of nitrogens with one attached hydrogen (secondary N) is 1. The number of fused-ring (bicyclic) bond motifs is 2. The highest BCUT2D eigenvalue weighted by atomic mass is 35.5. The van der Waals surface area contributed by atoms with Gasteiger partial charge in [-0.3, -0.25) is 4.79 Å². The summed E-state index contributed by atoms with van der Waals surface area (Å²) in [7, 11) is 2.21. The van der Waals surface area contributed by atoms with E-state index in [1.54, 1.807) is 18.3 Å². The van der Waals surface area contributed by atoms with Crippen LogP contribution < -0.4 is 5.32 Å². The third-order valence-corrected chi connectivity index (χ3v) is 4.98. The normalized spacial score (nSPS) is 30.0. The molecule has 2 fully saturated rings. The van der Waals surface area contributed by atoms with Gasteiger partial charge in [-0.1, -0.05) is 18.0 Å². The first kappa shape index (κ1) is 13.8. The first-order chi connectivity index (χ1) is 9.65. The first-order valence-corrected chi connectivity index (χ1v) is 7.66. The van der Waals surface area contributed by atoms with Crippen LogP contribution in [0.25, 0.3) is 0 Å². The van der Waals surface area contributed by atoms with E-state index in [2.05, 4.69) is 22.2 Å². The summed E-state index contributed by atoms with van der Waals surface area (Å²) in [5.74, 6) is -0.101. The first-order valence-electron chi connectivity index (χ1n) is 7.28. The lowest BCUT2D eigenvalue weighted by atomic mass is 9.82. The van der Waals surface area contributed by atoms with Gasteiger partial charge in [0.25, 0.3) is 5.91 Å². The summed E-state index contributed by atoms with van der Waals surface area (Å²) >= 11 is 5.98. The average molecular weight is 294 g/mol. The van der Waals surface area contributed by atoms with E-state index in [-0.39, 0.29) is 17.1 Å². The van der Waals surface area contributed by atoms with E-state index < -0.39 is 0 Å². The number of aromatic nitrogens is 1. The summed E-state index contributed by atoms with van der Waals surface area (Å²) in [6.45, 7) is 0. The van der Waals surface area contributed by atoms with Crippen LogP contribution in [0.3, 0.4) is 0 Å². The van der Waals surface area contributed by atoms with E-state index in [0.29, 0.717) is 17.6 Å². The van der Waals surface area contributed by atoms with Crippen molar-refractivity contribution >= 4 is 17.5 Å². The highest BCUT2D eigenvalue weighted by molar-refractivity contribution is 6.32. The molecule has 2 bridgehead atoms. The largest absolute Gasteiger partial charge is 0.349 e. The molecule has 0 saturated carbocycles. The molecule has 2 saturated heterocycles. The molecule has 3 rings (SSSR count). The monoisotopic (exact) mass is 293 g/mol. The number of nitrogens with zero attached hydrogens (tertiary/aromatic N) is 2. The van der Waals surface area contributed by atoms with Gasteiger partial charge in [0, 0.05) is 24.3 Å². The van der Waals surface area contributed by atoms with Crippen molar-refractivity contribution in [3.05, 3.63) is 29.0 Å². The standard InChI is InChI=1S/C15H20ClN3O/c1-19-11-4-2-5-12(19)9-10(8-11)18-15(20)13-6-3-7-17-14(13)16/h3,6-7,10-12H,2,4-5,8-9H2,1H3,(H,18,20). The molecule has 0 aromatic carbocycles. The molecule has 1 N–H and O–H groups in total. The number of halogens is 1. The smallest absolute Gasteiger partial charge is 0.254 e. The molecule has 2 aliphatic rings. The van der Waals surface area contributed by atoms with Gasteiger partial charge >= 0.3 is 0 Å². The van der Waals surface area contributed by atoms with Crippen LogP contribution in [-0.4, -0.2) is 41.0 Å². The van der Waals surface area contributed by atoms with Crippen LogP contribution in [0, 0.1) is 0 Å². The molecule has 4 nitrogen and oxygen atoms in total. The fourth-order valence-corrected chi connectivity index (χ4v) is 3.76. The molecule has 20 heavy (non-hydrogen) atoms. The summed E-state index contributed by atoms with van der Waals surface area (Å²) in [6, 6.07) is 4.93. The van der Waals surface area contributed by atoms with E-state index in [1.807, 2.05) is 0 Å². The molecule has 5 heteroatoms. The minimum atomic E-state index is -0.101. The molecule has 1 amide bonds. The lowest BCUT2D eigenvalue weighted by Crippen LogP contribution is -2.55. The van der Waals surface area contributed by atoms with Crippen molar-refractivity contribution in [3.8, 4) is 0 Å². The van der Waals surface area contributed by atoms with Gasteiger partial charge in [0.05, 0.1) is 5.56 Å². The van der Waals surface area contributed by atoms with Crippen molar-refractivity contribution in [1.82, 2.24) is 15.2 Å². The van der Waals surface area contributed by atoms with Gasteiger partial charge < -0.3 is 10.2 Å². The Morgan fingerprint density at radius 2 is 2.10 bits per heavy atom. The summed E-state index contributed by atoms with van der Waals surface area (Å²) in [5, 5.41) is 3.41. The zero-order chi connectivity index (χ0) is 14.1. The predicted molar refractivity (Wildman–Crippen MR) is 78.9 cm³/mol. The number of hydrogen-bond acceptors (Lipinski definition) is 3. The summed E-state index contributed by atoms with van der Waals surface area (Å²) in [5.41, 5.74) is 0.471. The lowest BCUT2D eigenvalue weighted by molar-refractivity contribution is 0.0463. The highest BCUT2D eigenvalue weighted by Crippen LogP contribution is 2.32. The number of piperidine rings is 2. The second-order valence-corrected chi connectivity index (χ2v) is 6.25. The molecule has 0 aliphatic carbocycles. The quantitative estimate of drug-likeness (QED) is 0.852. The molecule has 3 heterocycles. The van der Waals surface area contributed by atoms with Crippen LogP contribution in [0.4, 0.5) is 0 Å². The molecule has 1 aromatic heterocycles. The summed E-state index contributed by atoms with van der Waals surface area (Å²) in [6.07, 6.45) is 7.47. The number of rotatable bonds is 2. The summed E-state index contributed by atoms with van der Waals surface area (Å²) in [4.78, 5) is 18.7. The average Bonchev–Trinajstić information content (AvgIpc) is 2.40. The fourth-order valence-electron chi connectivity index (χ4n) is 3.55. The number of amides is 1. The van der Waals surface area contributed by atoms with Gasteiger partial charge in [0.2, 0.25) is 0 Å². The van der Waals surface area contributed by atoms with E-state index in [9.17, 15) is 4.79 Å².